The van der Waals surface area contributed by atoms with Gasteiger partial charge >= 0.3 is 0 Å². The zero-order valence-corrected chi connectivity index (χ0v) is 11.9. The lowest BCUT2D eigenvalue weighted by Crippen LogP contribution is -2.39. The lowest BCUT2D eigenvalue weighted by atomic mass is 10.0. The van der Waals surface area contributed by atoms with E-state index in [1.54, 1.807) is 6.92 Å². The van der Waals surface area contributed by atoms with Gasteiger partial charge in [0.25, 0.3) is 11.6 Å². The van der Waals surface area contributed by atoms with Crippen molar-refractivity contribution in [3.63, 3.8) is 0 Å². The summed E-state index contributed by atoms with van der Waals surface area (Å²) in [4.78, 5) is 22.3. The summed E-state index contributed by atoms with van der Waals surface area (Å²) >= 11 is 3.11. The van der Waals surface area contributed by atoms with Crippen LogP contribution in [0.4, 0.5) is 11.4 Å². The van der Waals surface area contributed by atoms with E-state index in [1.165, 1.54) is 18.2 Å². The summed E-state index contributed by atoms with van der Waals surface area (Å²) in [6.45, 7) is 2.32. The number of amides is 1. The van der Waals surface area contributed by atoms with Crippen molar-refractivity contribution in [2.45, 2.75) is 25.4 Å². The molecule has 1 aromatic rings. The molecule has 0 spiro atoms. The number of halogens is 1. The van der Waals surface area contributed by atoms with E-state index in [2.05, 4.69) is 21.2 Å². The van der Waals surface area contributed by atoms with Crippen molar-refractivity contribution in [1.29, 1.82) is 0 Å². The lowest BCUT2D eigenvalue weighted by molar-refractivity contribution is -0.385. The lowest BCUT2D eigenvalue weighted by Gasteiger charge is -2.21. The predicted molar refractivity (Wildman–Crippen MR) is 73.0 cm³/mol. The zero-order valence-electron chi connectivity index (χ0n) is 10.3. The molecule has 1 amide bonds. The number of benzene rings is 1. The average molecular weight is 329 g/mol. The molecular formula is C12H13BrN2O4. The monoisotopic (exact) mass is 328 g/mol. The summed E-state index contributed by atoms with van der Waals surface area (Å²) in [7, 11) is 0. The van der Waals surface area contributed by atoms with Crippen LogP contribution in [0.15, 0.2) is 22.7 Å². The maximum absolute atomic E-state index is 12.1. The van der Waals surface area contributed by atoms with Gasteiger partial charge in [-0.3, -0.25) is 14.9 Å². The smallest absolute Gasteiger partial charge is 0.283 e. The normalized spacial score (nSPS) is 22.2. The number of nitrogens with one attached hydrogen (secondary N) is 1. The summed E-state index contributed by atoms with van der Waals surface area (Å²) in [5.74, 6) is -0.231. The number of nitro benzene ring substituents is 1. The first-order valence-corrected chi connectivity index (χ1v) is 6.61. The molecule has 1 aliphatic heterocycles. The molecule has 0 bridgehead atoms. The van der Waals surface area contributed by atoms with Crippen molar-refractivity contribution >= 4 is 33.2 Å². The number of ether oxygens (including phenoxy) is 1. The van der Waals surface area contributed by atoms with Crippen molar-refractivity contribution in [1.82, 2.24) is 0 Å². The SMILES string of the molecule is C[C@@]1(C(=O)Nc2ccc([N+](=O)[O-])c(Br)c2)CCCO1. The molecule has 2 rings (SSSR count). The van der Waals surface area contributed by atoms with Crippen molar-refractivity contribution < 1.29 is 14.5 Å². The largest absolute Gasteiger partial charge is 0.365 e. The van der Waals surface area contributed by atoms with E-state index in [4.69, 9.17) is 4.74 Å². The molecule has 1 saturated heterocycles. The fourth-order valence-electron chi connectivity index (χ4n) is 1.95. The number of anilines is 1. The second kappa shape index (κ2) is 5.26. The Morgan fingerprint density at radius 3 is 2.84 bits per heavy atom. The molecule has 1 aliphatic rings. The quantitative estimate of drug-likeness (QED) is 0.683. The standard InChI is InChI=1S/C12H13BrN2O4/c1-12(5-2-6-19-12)11(16)14-8-3-4-10(15(17)18)9(13)7-8/h3-4,7H,2,5-6H2,1H3,(H,14,16)/t12-/m0/s1. The van der Waals surface area contributed by atoms with Gasteiger partial charge in [0.05, 0.1) is 9.40 Å². The molecule has 19 heavy (non-hydrogen) atoms. The molecule has 102 valence electrons. The van der Waals surface area contributed by atoms with E-state index in [-0.39, 0.29) is 11.6 Å². The predicted octanol–water partition coefficient (Wildman–Crippen LogP) is 2.86. The van der Waals surface area contributed by atoms with Gasteiger partial charge < -0.3 is 10.1 Å². The number of rotatable bonds is 3. The Kier molecular flexibility index (Phi) is 3.86. The molecule has 1 aromatic carbocycles. The van der Waals surface area contributed by atoms with E-state index in [9.17, 15) is 14.9 Å². The molecule has 6 nitrogen and oxygen atoms in total. The van der Waals surface area contributed by atoms with Gasteiger partial charge in [0.1, 0.15) is 5.60 Å². The fraction of sp³-hybridized carbons (Fsp3) is 0.417. The second-order valence-electron chi connectivity index (χ2n) is 4.56. The molecule has 7 heteroatoms. The van der Waals surface area contributed by atoms with Crippen molar-refractivity contribution in [3.05, 3.63) is 32.8 Å². The van der Waals surface area contributed by atoms with Crippen LogP contribution in [0.3, 0.4) is 0 Å². The van der Waals surface area contributed by atoms with Gasteiger partial charge in [-0.25, -0.2) is 0 Å². The van der Waals surface area contributed by atoms with Crippen LogP contribution in [0.2, 0.25) is 0 Å². The Labute approximate surface area is 118 Å². The molecule has 0 radical (unpaired) electrons. The minimum Gasteiger partial charge on any atom is -0.365 e. The second-order valence-corrected chi connectivity index (χ2v) is 5.41. The van der Waals surface area contributed by atoms with Gasteiger partial charge in [0, 0.05) is 18.4 Å². The zero-order chi connectivity index (χ0) is 14.0. The Bertz CT molecular complexity index is 526. The Hall–Kier alpha value is -1.47. The maximum Gasteiger partial charge on any atom is 0.283 e. The molecule has 0 unspecified atom stereocenters. The maximum atomic E-state index is 12.1. The Morgan fingerprint density at radius 1 is 1.58 bits per heavy atom. The van der Waals surface area contributed by atoms with Gasteiger partial charge in [0.2, 0.25) is 0 Å². The molecule has 1 atom stereocenters. The van der Waals surface area contributed by atoms with Crippen LogP contribution < -0.4 is 5.32 Å². The van der Waals surface area contributed by atoms with Gasteiger partial charge in [-0.1, -0.05) is 0 Å². The third kappa shape index (κ3) is 2.93. The molecule has 0 aliphatic carbocycles. The Balaban J connectivity index is 2.13. The van der Waals surface area contributed by atoms with Crippen LogP contribution in [0, 0.1) is 10.1 Å². The highest BCUT2D eigenvalue weighted by Gasteiger charge is 2.37. The van der Waals surface area contributed by atoms with Crippen molar-refractivity contribution in [3.8, 4) is 0 Å². The topological polar surface area (TPSA) is 81.5 Å². The average Bonchev–Trinajstić information content (AvgIpc) is 2.77. The summed E-state index contributed by atoms with van der Waals surface area (Å²) in [6.07, 6.45) is 1.53. The number of carbonyl (C=O) groups excluding carboxylic acids is 1. The minimum atomic E-state index is -0.811. The number of hydrogen-bond acceptors (Lipinski definition) is 4. The molecule has 0 saturated carbocycles. The number of carbonyl (C=O) groups is 1. The highest BCUT2D eigenvalue weighted by molar-refractivity contribution is 9.10. The van der Waals surface area contributed by atoms with Gasteiger partial charge in [0.15, 0.2) is 0 Å². The number of hydrogen-bond donors (Lipinski definition) is 1. The van der Waals surface area contributed by atoms with E-state index in [0.29, 0.717) is 23.2 Å². The first kappa shape index (κ1) is 14.0. The molecule has 1 fully saturated rings. The van der Waals surface area contributed by atoms with Crippen LogP contribution in [0.1, 0.15) is 19.8 Å². The van der Waals surface area contributed by atoms with Crippen molar-refractivity contribution in [2.75, 3.05) is 11.9 Å². The first-order valence-electron chi connectivity index (χ1n) is 5.82. The van der Waals surface area contributed by atoms with E-state index in [1.807, 2.05) is 0 Å². The van der Waals surface area contributed by atoms with E-state index in [0.717, 1.165) is 6.42 Å². The van der Waals surface area contributed by atoms with Crippen molar-refractivity contribution in [2.24, 2.45) is 0 Å². The minimum absolute atomic E-state index is 0.0404. The molecule has 1 N–H and O–H groups in total. The summed E-state index contributed by atoms with van der Waals surface area (Å²) in [5, 5.41) is 13.4. The number of nitro groups is 1. The van der Waals surface area contributed by atoms with Crippen LogP contribution in [-0.4, -0.2) is 23.0 Å². The van der Waals surface area contributed by atoms with Crippen LogP contribution >= 0.6 is 15.9 Å². The van der Waals surface area contributed by atoms with Gasteiger partial charge in [-0.15, -0.1) is 0 Å². The third-order valence-corrected chi connectivity index (χ3v) is 3.74. The van der Waals surface area contributed by atoms with Crippen LogP contribution in [0.5, 0.6) is 0 Å². The summed E-state index contributed by atoms with van der Waals surface area (Å²) < 4.78 is 5.76. The summed E-state index contributed by atoms with van der Waals surface area (Å²) in [6, 6.07) is 4.35. The van der Waals surface area contributed by atoms with Gasteiger partial charge in [-0.2, -0.15) is 0 Å². The third-order valence-electron chi connectivity index (χ3n) is 3.10. The first-order chi connectivity index (χ1) is 8.92. The molecular weight excluding hydrogens is 316 g/mol. The number of nitrogens with zero attached hydrogens (tertiary/aromatic N) is 1. The van der Waals surface area contributed by atoms with E-state index >= 15 is 0 Å². The highest BCUT2D eigenvalue weighted by atomic mass is 79.9. The van der Waals surface area contributed by atoms with Crippen LogP contribution in [-0.2, 0) is 9.53 Å². The highest BCUT2D eigenvalue weighted by Crippen LogP contribution is 2.30. The fourth-order valence-corrected chi connectivity index (χ4v) is 2.48. The van der Waals surface area contributed by atoms with Crippen LogP contribution in [0.25, 0.3) is 0 Å². The summed E-state index contributed by atoms with van der Waals surface area (Å²) in [5.41, 5.74) is -0.352. The molecule has 0 aromatic heterocycles. The molecule has 1 heterocycles. The van der Waals surface area contributed by atoms with E-state index < -0.39 is 10.5 Å². The van der Waals surface area contributed by atoms with Gasteiger partial charge in [-0.05, 0) is 47.8 Å². The Morgan fingerprint density at radius 2 is 2.32 bits per heavy atom.